The van der Waals surface area contributed by atoms with E-state index in [1.165, 1.54) is 24.3 Å². The topological polar surface area (TPSA) is 71.1 Å². The molecule has 1 aliphatic carbocycles. The second-order valence-corrected chi connectivity index (χ2v) is 11.0. The summed E-state index contributed by atoms with van der Waals surface area (Å²) in [5.41, 5.74) is 5.23. The van der Waals surface area contributed by atoms with Gasteiger partial charge in [-0.15, -0.1) is 0 Å². The van der Waals surface area contributed by atoms with E-state index in [9.17, 15) is 9.59 Å². The third-order valence-electron chi connectivity index (χ3n) is 6.88. The SMILES string of the molecule is CONC(=O)/C=C/c1cccc(CN2CCC(N(C(=O)OC(C)(C)C)[C@@H]3C[C@H]3c3ccccc3)CC2)c1. The van der Waals surface area contributed by atoms with Crippen LogP contribution in [0.25, 0.3) is 6.08 Å². The standard InChI is InChI=1S/C30H39N3O4/c1-30(2,3)37-29(35)33(27-20-26(27)24-11-6-5-7-12-24)25-15-17-32(18-16-25)21-23-10-8-9-22(19-23)13-14-28(34)31-36-4/h5-14,19,25-27H,15-18,20-21H2,1-4H3,(H,31,34)/b14-13+/t26-,27+/m0/s1. The smallest absolute Gasteiger partial charge is 0.410 e. The summed E-state index contributed by atoms with van der Waals surface area (Å²) in [6.07, 6.45) is 5.89. The van der Waals surface area contributed by atoms with Crippen LogP contribution in [0.3, 0.4) is 0 Å². The van der Waals surface area contributed by atoms with E-state index in [2.05, 4.69) is 56.5 Å². The molecule has 2 aliphatic rings. The first-order valence-corrected chi connectivity index (χ1v) is 13.1. The summed E-state index contributed by atoms with van der Waals surface area (Å²) in [4.78, 5) is 34.1. The quantitative estimate of drug-likeness (QED) is 0.398. The Morgan fingerprint density at radius 3 is 2.49 bits per heavy atom. The minimum atomic E-state index is -0.517. The molecule has 2 amide bonds. The van der Waals surface area contributed by atoms with Crippen molar-refractivity contribution in [1.82, 2.24) is 15.3 Å². The Kier molecular flexibility index (Phi) is 8.67. The predicted octanol–water partition coefficient (Wildman–Crippen LogP) is 5.14. The zero-order chi connectivity index (χ0) is 26.4. The number of piperidine rings is 1. The van der Waals surface area contributed by atoms with Gasteiger partial charge in [0.05, 0.1) is 7.11 Å². The van der Waals surface area contributed by atoms with Crippen molar-refractivity contribution in [3.8, 4) is 0 Å². The molecule has 7 heteroatoms. The highest BCUT2D eigenvalue weighted by atomic mass is 16.6. The number of amides is 2. The molecule has 1 heterocycles. The summed E-state index contributed by atoms with van der Waals surface area (Å²) in [5.74, 6) is 0.0863. The minimum absolute atomic E-state index is 0.179. The molecule has 2 aromatic carbocycles. The molecule has 0 bridgehead atoms. The van der Waals surface area contributed by atoms with E-state index in [0.29, 0.717) is 5.92 Å². The van der Waals surface area contributed by atoms with Gasteiger partial charge in [0.25, 0.3) is 5.91 Å². The number of benzene rings is 2. The van der Waals surface area contributed by atoms with Gasteiger partial charge in [0.1, 0.15) is 5.60 Å². The highest BCUT2D eigenvalue weighted by Crippen LogP contribution is 2.46. The number of nitrogens with one attached hydrogen (secondary N) is 1. The number of hydrogen-bond acceptors (Lipinski definition) is 5. The predicted molar refractivity (Wildman–Crippen MR) is 145 cm³/mol. The van der Waals surface area contributed by atoms with E-state index in [0.717, 1.165) is 44.5 Å². The lowest BCUT2D eigenvalue weighted by Gasteiger charge is -2.39. The Bertz CT molecular complexity index is 1090. The van der Waals surface area contributed by atoms with Gasteiger partial charge in [0.15, 0.2) is 0 Å². The van der Waals surface area contributed by atoms with Gasteiger partial charge in [-0.25, -0.2) is 10.3 Å². The van der Waals surface area contributed by atoms with Gasteiger partial charge >= 0.3 is 6.09 Å². The summed E-state index contributed by atoms with van der Waals surface area (Å²) in [7, 11) is 1.41. The van der Waals surface area contributed by atoms with Crippen LogP contribution in [0.5, 0.6) is 0 Å². The lowest BCUT2D eigenvalue weighted by molar-refractivity contribution is -0.126. The normalized spacial score (nSPS) is 20.5. The molecule has 1 saturated heterocycles. The molecule has 0 radical (unpaired) electrons. The van der Waals surface area contributed by atoms with Crippen LogP contribution in [0.15, 0.2) is 60.7 Å². The summed E-state index contributed by atoms with van der Waals surface area (Å²) < 4.78 is 5.86. The van der Waals surface area contributed by atoms with Crippen LogP contribution in [0, 0.1) is 0 Å². The maximum absolute atomic E-state index is 13.3. The van der Waals surface area contributed by atoms with Crippen LogP contribution < -0.4 is 5.48 Å². The molecule has 2 fully saturated rings. The van der Waals surface area contributed by atoms with Crippen LogP contribution in [0.4, 0.5) is 4.79 Å². The highest BCUT2D eigenvalue weighted by molar-refractivity contribution is 5.90. The summed E-state index contributed by atoms with van der Waals surface area (Å²) in [6.45, 7) is 8.47. The number of hydroxylamine groups is 1. The number of carbonyl (C=O) groups is 2. The van der Waals surface area contributed by atoms with E-state index in [-0.39, 0.29) is 24.1 Å². The Hall–Kier alpha value is -3.16. The van der Waals surface area contributed by atoms with Crippen LogP contribution in [-0.4, -0.2) is 59.7 Å². The van der Waals surface area contributed by atoms with Crippen LogP contribution >= 0.6 is 0 Å². The molecule has 4 rings (SSSR count). The fourth-order valence-corrected chi connectivity index (χ4v) is 5.13. The lowest BCUT2D eigenvalue weighted by atomic mass is 10.0. The van der Waals surface area contributed by atoms with Gasteiger partial charge in [0, 0.05) is 43.7 Å². The second-order valence-electron chi connectivity index (χ2n) is 11.0. The Balaban J connectivity index is 1.37. The molecular formula is C30H39N3O4. The summed E-state index contributed by atoms with van der Waals surface area (Å²) in [6, 6.07) is 19.1. The molecule has 2 atom stereocenters. The first-order chi connectivity index (χ1) is 17.7. The number of nitrogens with zero attached hydrogens (tertiary/aromatic N) is 2. The Labute approximate surface area is 220 Å². The molecular weight excluding hydrogens is 466 g/mol. The van der Waals surface area contributed by atoms with Crippen molar-refractivity contribution in [2.24, 2.45) is 0 Å². The number of rotatable bonds is 8. The molecule has 7 nitrogen and oxygen atoms in total. The van der Waals surface area contributed by atoms with Gasteiger partial charge < -0.3 is 9.64 Å². The van der Waals surface area contributed by atoms with Gasteiger partial charge in [-0.3, -0.25) is 14.5 Å². The van der Waals surface area contributed by atoms with Crippen LogP contribution in [0.1, 0.15) is 62.6 Å². The number of ether oxygens (including phenoxy) is 1. The molecule has 1 aliphatic heterocycles. The molecule has 0 unspecified atom stereocenters. The molecule has 0 aromatic heterocycles. The second kappa shape index (κ2) is 11.9. The van der Waals surface area contributed by atoms with Crippen molar-refractivity contribution in [3.05, 3.63) is 77.4 Å². The fourth-order valence-electron chi connectivity index (χ4n) is 5.13. The maximum Gasteiger partial charge on any atom is 0.410 e. The fraction of sp³-hybridized carbons (Fsp3) is 0.467. The van der Waals surface area contributed by atoms with Crippen molar-refractivity contribution in [1.29, 1.82) is 0 Å². The van der Waals surface area contributed by atoms with E-state index in [4.69, 9.17) is 4.74 Å². The molecule has 2 aromatic rings. The van der Waals surface area contributed by atoms with E-state index in [1.807, 2.05) is 39.0 Å². The third-order valence-corrected chi connectivity index (χ3v) is 6.88. The first-order valence-electron chi connectivity index (χ1n) is 13.1. The van der Waals surface area contributed by atoms with Gasteiger partial charge in [-0.2, -0.15) is 0 Å². The third kappa shape index (κ3) is 7.66. The Morgan fingerprint density at radius 2 is 1.81 bits per heavy atom. The largest absolute Gasteiger partial charge is 0.444 e. The lowest BCUT2D eigenvalue weighted by Crippen LogP contribution is -2.50. The molecule has 1 saturated carbocycles. The van der Waals surface area contributed by atoms with Gasteiger partial charge in [0.2, 0.25) is 0 Å². The Morgan fingerprint density at radius 1 is 1.08 bits per heavy atom. The zero-order valence-electron chi connectivity index (χ0n) is 22.4. The zero-order valence-corrected chi connectivity index (χ0v) is 22.4. The first kappa shape index (κ1) is 26.9. The van der Waals surface area contributed by atoms with Crippen molar-refractivity contribution in [2.75, 3.05) is 20.2 Å². The van der Waals surface area contributed by atoms with Gasteiger partial charge in [-0.1, -0.05) is 54.6 Å². The number of hydrogen-bond donors (Lipinski definition) is 1. The monoisotopic (exact) mass is 505 g/mol. The maximum atomic E-state index is 13.3. The average molecular weight is 506 g/mol. The molecule has 198 valence electrons. The van der Waals surface area contributed by atoms with Crippen molar-refractivity contribution >= 4 is 18.1 Å². The highest BCUT2D eigenvalue weighted by Gasteiger charge is 2.48. The summed E-state index contributed by atoms with van der Waals surface area (Å²) >= 11 is 0. The molecule has 1 N–H and O–H groups in total. The van der Waals surface area contributed by atoms with Crippen molar-refractivity contribution in [3.63, 3.8) is 0 Å². The molecule has 37 heavy (non-hydrogen) atoms. The summed E-state index contributed by atoms with van der Waals surface area (Å²) in [5, 5.41) is 0. The van der Waals surface area contributed by atoms with E-state index in [1.54, 1.807) is 6.08 Å². The van der Waals surface area contributed by atoms with E-state index < -0.39 is 5.60 Å². The van der Waals surface area contributed by atoms with Gasteiger partial charge in [-0.05, 0) is 62.8 Å². The number of likely N-dealkylation sites (tertiary alicyclic amines) is 1. The molecule has 0 spiro atoms. The number of carbonyl (C=O) groups excluding carboxylic acids is 2. The van der Waals surface area contributed by atoms with Crippen molar-refractivity contribution in [2.45, 2.75) is 70.2 Å². The van der Waals surface area contributed by atoms with Crippen LogP contribution in [0.2, 0.25) is 0 Å². The van der Waals surface area contributed by atoms with Crippen molar-refractivity contribution < 1.29 is 19.2 Å². The van der Waals surface area contributed by atoms with Crippen LogP contribution in [-0.2, 0) is 20.9 Å². The van der Waals surface area contributed by atoms with E-state index >= 15 is 0 Å². The average Bonchev–Trinajstić information content (AvgIpc) is 3.64. The minimum Gasteiger partial charge on any atom is -0.444 e.